The zero-order valence-electron chi connectivity index (χ0n) is 11.3. The Morgan fingerprint density at radius 1 is 1.43 bits per heavy atom. The fourth-order valence-corrected chi connectivity index (χ4v) is 1.80. The summed E-state index contributed by atoms with van der Waals surface area (Å²) >= 11 is 0. The number of methoxy groups -OCH3 is 1. The summed E-state index contributed by atoms with van der Waals surface area (Å²) in [6.45, 7) is 0.0402. The zero-order valence-corrected chi connectivity index (χ0v) is 11.3. The molecular weight excluding hydrogens is 280 g/mol. The number of hydrogen-bond acceptors (Lipinski definition) is 6. The fourth-order valence-electron chi connectivity index (χ4n) is 1.80. The molecule has 0 aromatic heterocycles. The number of aromatic hydroxyl groups is 1. The van der Waals surface area contributed by atoms with Crippen molar-refractivity contribution in [2.24, 2.45) is 0 Å². The number of hydrogen-bond donors (Lipinski definition) is 2. The monoisotopic (exact) mass is 294 g/mol. The second kappa shape index (κ2) is 6.12. The van der Waals surface area contributed by atoms with Crippen molar-refractivity contribution in [3.05, 3.63) is 23.8 Å². The van der Waals surface area contributed by atoms with Crippen molar-refractivity contribution in [2.45, 2.75) is 0 Å². The highest BCUT2D eigenvalue weighted by Gasteiger charge is 2.27. The molecule has 112 valence electrons. The van der Waals surface area contributed by atoms with Gasteiger partial charge in [0.25, 0.3) is 5.91 Å². The van der Waals surface area contributed by atoms with Crippen LogP contribution in [0.1, 0.15) is 10.4 Å². The smallest absolute Gasteiger partial charge is 0.342 e. The van der Waals surface area contributed by atoms with E-state index in [1.165, 1.54) is 25.3 Å². The predicted octanol–water partition coefficient (Wildman–Crippen LogP) is 0.109. The minimum Gasteiger partial charge on any atom is -0.507 e. The van der Waals surface area contributed by atoms with Crippen LogP contribution in [0.15, 0.2) is 18.2 Å². The van der Waals surface area contributed by atoms with Gasteiger partial charge in [-0.15, -0.1) is 0 Å². The molecule has 0 saturated carbocycles. The second-order valence-corrected chi connectivity index (χ2v) is 4.24. The summed E-state index contributed by atoms with van der Waals surface area (Å²) in [5.41, 5.74) is -0.0885. The van der Waals surface area contributed by atoms with E-state index in [0.29, 0.717) is 12.3 Å². The average molecular weight is 294 g/mol. The highest BCUT2D eigenvalue weighted by molar-refractivity contribution is 5.98. The van der Waals surface area contributed by atoms with E-state index in [2.05, 4.69) is 5.32 Å². The van der Waals surface area contributed by atoms with E-state index in [1.54, 1.807) is 0 Å². The largest absolute Gasteiger partial charge is 0.507 e. The van der Waals surface area contributed by atoms with Crippen LogP contribution in [0.25, 0.3) is 0 Å². The quantitative estimate of drug-likeness (QED) is 0.764. The standard InChI is InChI=1S/C13H14N2O6/c1-20-8-2-3-9(10(16)6-8)12(18)21-7-11(17)15-5-4-14-13(15)19/h2-3,6,16H,4-5,7H2,1H3,(H,14,19). The highest BCUT2D eigenvalue weighted by Crippen LogP contribution is 2.23. The molecule has 0 unspecified atom stereocenters. The topological polar surface area (TPSA) is 105 Å². The van der Waals surface area contributed by atoms with Crippen LogP contribution >= 0.6 is 0 Å². The first kappa shape index (κ1) is 14.6. The summed E-state index contributed by atoms with van der Waals surface area (Å²) in [6.07, 6.45) is 0. The Hall–Kier alpha value is -2.77. The molecule has 1 aliphatic heterocycles. The van der Waals surface area contributed by atoms with Crippen LogP contribution in [0.5, 0.6) is 11.5 Å². The van der Waals surface area contributed by atoms with Crippen molar-refractivity contribution in [2.75, 3.05) is 26.8 Å². The van der Waals surface area contributed by atoms with Gasteiger partial charge in [0, 0.05) is 19.2 Å². The van der Waals surface area contributed by atoms with Crippen molar-refractivity contribution < 1.29 is 29.0 Å². The summed E-state index contributed by atoms with van der Waals surface area (Å²) in [7, 11) is 1.42. The number of benzene rings is 1. The Balaban J connectivity index is 1.95. The molecular formula is C13H14N2O6. The van der Waals surface area contributed by atoms with Gasteiger partial charge in [-0.2, -0.15) is 0 Å². The summed E-state index contributed by atoms with van der Waals surface area (Å²) < 4.78 is 9.68. The normalized spacial score (nSPS) is 13.8. The first-order chi connectivity index (χ1) is 10.0. The van der Waals surface area contributed by atoms with E-state index >= 15 is 0 Å². The highest BCUT2D eigenvalue weighted by atomic mass is 16.5. The summed E-state index contributed by atoms with van der Waals surface area (Å²) in [5, 5.41) is 12.1. The molecule has 0 bridgehead atoms. The Morgan fingerprint density at radius 3 is 2.76 bits per heavy atom. The Kier molecular flexibility index (Phi) is 4.27. The number of imide groups is 1. The van der Waals surface area contributed by atoms with Gasteiger partial charge in [0.2, 0.25) is 0 Å². The fraction of sp³-hybridized carbons (Fsp3) is 0.308. The first-order valence-corrected chi connectivity index (χ1v) is 6.15. The van der Waals surface area contributed by atoms with E-state index in [9.17, 15) is 19.5 Å². The molecule has 2 rings (SSSR count). The SMILES string of the molecule is COc1ccc(C(=O)OCC(=O)N2CCNC2=O)c(O)c1. The number of nitrogens with one attached hydrogen (secondary N) is 1. The van der Waals surface area contributed by atoms with E-state index in [1.807, 2.05) is 0 Å². The third-order valence-corrected chi connectivity index (χ3v) is 2.91. The third-order valence-electron chi connectivity index (χ3n) is 2.91. The van der Waals surface area contributed by atoms with Crippen LogP contribution in [0, 0.1) is 0 Å². The maximum atomic E-state index is 11.8. The molecule has 3 amide bonds. The number of urea groups is 1. The molecule has 21 heavy (non-hydrogen) atoms. The van der Waals surface area contributed by atoms with Gasteiger partial charge in [-0.25, -0.2) is 9.59 Å². The van der Waals surface area contributed by atoms with Gasteiger partial charge < -0.3 is 19.9 Å². The Bertz CT molecular complexity index is 586. The Labute approximate surface area is 120 Å². The van der Waals surface area contributed by atoms with Gasteiger partial charge in [0.15, 0.2) is 6.61 Å². The van der Waals surface area contributed by atoms with Gasteiger partial charge in [-0.05, 0) is 12.1 Å². The van der Waals surface area contributed by atoms with Gasteiger partial charge in [-0.1, -0.05) is 0 Å². The number of ether oxygens (including phenoxy) is 2. The molecule has 0 radical (unpaired) electrons. The van der Waals surface area contributed by atoms with Crippen LogP contribution in [0.3, 0.4) is 0 Å². The van der Waals surface area contributed by atoms with Gasteiger partial charge in [0.1, 0.15) is 17.1 Å². The lowest BCUT2D eigenvalue weighted by Gasteiger charge is -2.12. The van der Waals surface area contributed by atoms with Gasteiger partial charge in [0.05, 0.1) is 7.11 Å². The van der Waals surface area contributed by atoms with Crippen molar-refractivity contribution >= 4 is 17.9 Å². The van der Waals surface area contributed by atoms with Crippen LogP contribution < -0.4 is 10.1 Å². The van der Waals surface area contributed by atoms with Crippen LogP contribution in [-0.2, 0) is 9.53 Å². The number of amides is 3. The lowest BCUT2D eigenvalue weighted by molar-refractivity contribution is -0.130. The summed E-state index contributed by atoms with van der Waals surface area (Å²) in [5.74, 6) is -1.41. The van der Waals surface area contributed by atoms with E-state index in [-0.39, 0.29) is 17.9 Å². The van der Waals surface area contributed by atoms with Crippen molar-refractivity contribution in [3.8, 4) is 11.5 Å². The van der Waals surface area contributed by atoms with Crippen LogP contribution in [0.4, 0.5) is 4.79 Å². The first-order valence-electron chi connectivity index (χ1n) is 6.15. The van der Waals surface area contributed by atoms with Gasteiger partial charge in [-0.3, -0.25) is 9.69 Å². The molecule has 1 aliphatic rings. The molecule has 1 heterocycles. The van der Waals surface area contributed by atoms with Crippen molar-refractivity contribution in [3.63, 3.8) is 0 Å². The summed E-state index contributed by atoms with van der Waals surface area (Å²) in [6, 6.07) is 3.55. The van der Waals surface area contributed by atoms with Crippen molar-refractivity contribution in [1.82, 2.24) is 10.2 Å². The van der Waals surface area contributed by atoms with Crippen molar-refractivity contribution in [1.29, 1.82) is 0 Å². The lowest BCUT2D eigenvalue weighted by atomic mass is 10.2. The number of nitrogens with zero attached hydrogens (tertiary/aromatic N) is 1. The predicted molar refractivity (Wildman–Crippen MR) is 70.1 cm³/mol. The molecule has 8 heteroatoms. The second-order valence-electron chi connectivity index (χ2n) is 4.24. The number of phenolic OH excluding ortho intramolecular Hbond substituents is 1. The maximum Gasteiger partial charge on any atom is 0.342 e. The minimum atomic E-state index is -0.858. The molecule has 0 aliphatic carbocycles. The molecule has 1 aromatic carbocycles. The van der Waals surface area contributed by atoms with Crippen LogP contribution in [-0.4, -0.2) is 54.7 Å². The molecule has 8 nitrogen and oxygen atoms in total. The lowest BCUT2D eigenvalue weighted by Crippen LogP contribution is -2.37. The number of carbonyl (C=O) groups excluding carboxylic acids is 3. The molecule has 1 aromatic rings. The minimum absolute atomic E-state index is 0.0885. The van der Waals surface area contributed by atoms with E-state index in [0.717, 1.165) is 4.90 Å². The zero-order chi connectivity index (χ0) is 15.4. The molecule has 1 fully saturated rings. The molecule has 1 saturated heterocycles. The van der Waals surface area contributed by atoms with Crippen LogP contribution in [0.2, 0.25) is 0 Å². The maximum absolute atomic E-state index is 11.8. The molecule has 0 atom stereocenters. The molecule has 2 N–H and O–H groups in total. The average Bonchev–Trinajstić information content (AvgIpc) is 2.90. The summed E-state index contributed by atoms with van der Waals surface area (Å²) in [4.78, 5) is 35.7. The third kappa shape index (κ3) is 3.22. The molecule has 0 spiro atoms. The number of rotatable bonds is 4. The Morgan fingerprint density at radius 2 is 2.19 bits per heavy atom. The van der Waals surface area contributed by atoms with E-state index in [4.69, 9.17) is 9.47 Å². The number of esters is 1. The van der Waals surface area contributed by atoms with Gasteiger partial charge >= 0.3 is 12.0 Å². The number of phenols is 1. The van der Waals surface area contributed by atoms with E-state index < -0.39 is 24.5 Å². The number of carbonyl (C=O) groups is 3.